The number of anilines is 1. The molecule has 1 heterocycles. The van der Waals surface area contributed by atoms with Gasteiger partial charge in [0.15, 0.2) is 39.5 Å². The number of alkyl halides is 2. The summed E-state index contributed by atoms with van der Waals surface area (Å²) in [5.74, 6) is -12.0. The van der Waals surface area contributed by atoms with Gasteiger partial charge in [0.2, 0.25) is 0 Å². The lowest BCUT2D eigenvalue weighted by Crippen LogP contribution is -2.17. The first-order chi connectivity index (χ1) is 15.3. The van der Waals surface area contributed by atoms with Crippen LogP contribution >= 0.6 is 23.2 Å². The highest BCUT2D eigenvalue weighted by Gasteiger charge is 2.37. The molecule has 33 heavy (non-hydrogen) atoms. The Kier molecular flexibility index (Phi) is 7.05. The number of sulfone groups is 1. The van der Waals surface area contributed by atoms with Crippen LogP contribution in [0, 0.1) is 23.3 Å². The Morgan fingerprint density at radius 2 is 1.64 bits per heavy atom. The predicted octanol–water partition coefficient (Wildman–Crippen LogP) is 5.77. The third kappa shape index (κ3) is 4.84. The van der Waals surface area contributed by atoms with Crippen LogP contribution in [0.2, 0.25) is 10.0 Å². The van der Waals surface area contributed by atoms with Crippen LogP contribution in [0.5, 0.6) is 5.75 Å². The number of rotatable bonds is 7. The number of halogens is 8. The Hall–Kier alpha value is -2.64. The van der Waals surface area contributed by atoms with Crippen molar-refractivity contribution in [2.24, 2.45) is 0 Å². The molecule has 3 rings (SSSR count). The average Bonchev–Trinajstić information content (AvgIpc) is 3.16. The fourth-order valence-corrected chi connectivity index (χ4v) is 4.73. The number of aromatic nitrogens is 1. The first kappa shape index (κ1) is 25.0. The maximum atomic E-state index is 14.2. The van der Waals surface area contributed by atoms with Crippen LogP contribution in [0.1, 0.15) is 23.4 Å². The lowest BCUT2D eigenvalue weighted by molar-refractivity contribution is 0.139. The summed E-state index contributed by atoms with van der Waals surface area (Å²) in [6.45, 7) is -0.341. The Bertz CT molecular complexity index is 1330. The molecule has 0 aliphatic rings. The Morgan fingerprint density at radius 3 is 2.27 bits per heavy atom. The third-order valence-corrected chi connectivity index (χ3v) is 6.71. The number of nitrogens with zero attached hydrogens (tertiary/aromatic N) is 1. The smallest absolute Gasteiger partial charge is 0.268 e. The first-order valence-corrected chi connectivity index (χ1v) is 11.0. The predicted molar refractivity (Wildman–Crippen MR) is 104 cm³/mol. The van der Waals surface area contributed by atoms with Crippen LogP contribution in [0.15, 0.2) is 27.8 Å². The summed E-state index contributed by atoms with van der Waals surface area (Å²) in [5, 5.41) is 12.6. The second kappa shape index (κ2) is 9.31. The molecule has 0 saturated carbocycles. The number of benzene rings is 2. The highest BCUT2D eigenvalue weighted by Crippen LogP contribution is 2.37. The molecule has 0 radical (unpaired) electrons. The van der Waals surface area contributed by atoms with Crippen LogP contribution < -0.4 is 5.32 Å². The molecular formula is C18H10Cl2F6N2O4S. The quantitative estimate of drug-likeness (QED) is 0.131. The number of oxazole rings is 1. The van der Waals surface area contributed by atoms with E-state index >= 15 is 0 Å². The average molecular weight is 535 g/mol. The van der Waals surface area contributed by atoms with Gasteiger partial charge < -0.3 is 14.8 Å². The number of aromatic hydroxyl groups is 1. The lowest BCUT2D eigenvalue weighted by atomic mass is 10.2. The van der Waals surface area contributed by atoms with Crippen molar-refractivity contribution in [2.45, 2.75) is 23.6 Å². The Balaban J connectivity index is 1.95. The van der Waals surface area contributed by atoms with Crippen LogP contribution in [0.4, 0.5) is 32.0 Å². The summed E-state index contributed by atoms with van der Waals surface area (Å²) in [4.78, 5) is 1.56. The summed E-state index contributed by atoms with van der Waals surface area (Å²) < 4.78 is 112. The summed E-state index contributed by atoms with van der Waals surface area (Å²) in [5.41, 5.74) is -2.54. The highest BCUT2D eigenvalue weighted by atomic mass is 35.5. The van der Waals surface area contributed by atoms with Crippen molar-refractivity contribution in [1.82, 2.24) is 4.98 Å². The molecule has 0 saturated heterocycles. The van der Waals surface area contributed by atoms with Gasteiger partial charge >= 0.3 is 0 Å². The van der Waals surface area contributed by atoms with Crippen molar-refractivity contribution in [1.29, 1.82) is 0 Å². The van der Waals surface area contributed by atoms with E-state index in [0.29, 0.717) is 0 Å². The van der Waals surface area contributed by atoms with E-state index in [-0.39, 0.29) is 33.8 Å². The molecule has 15 heteroatoms. The summed E-state index contributed by atoms with van der Waals surface area (Å²) in [7, 11) is -5.22. The summed E-state index contributed by atoms with van der Waals surface area (Å²) in [6, 6.07) is 2.35. The van der Waals surface area contributed by atoms with Crippen LogP contribution in [0.3, 0.4) is 0 Å². The summed E-state index contributed by atoms with van der Waals surface area (Å²) in [6.07, 6.45) is -3.21. The lowest BCUT2D eigenvalue weighted by Gasteiger charge is -2.13. The monoisotopic (exact) mass is 534 g/mol. The zero-order chi connectivity index (χ0) is 24.7. The van der Waals surface area contributed by atoms with Crippen LogP contribution in [-0.4, -0.2) is 18.5 Å². The molecule has 1 aromatic heterocycles. The SMILES string of the molecule is O=S(=O)(Cc1ncoc1CNc1cc(Cl)c(Cl)cc1O)c1c(F)c(F)c(F)c(F)c1C(F)F. The molecule has 0 amide bonds. The molecule has 0 fully saturated rings. The number of phenolic OH excluding ortho intramolecular Hbond substituents is 1. The van der Waals surface area contributed by atoms with E-state index in [1.807, 2.05) is 0 Å². The fraction of sp³-hybridized carbons (Fsp3) is 0.167. The van der Waals surface area contributed by atoms with E-state index in [9.17, 15) is 39.9 Å². The van der Waals surface area contributed by atoms with E-state index in [0.717, 1.165) is 12.5 Å². The van der Waals surface area contributed by atoms with Gasteiger partial charge in [0.25, 0.3) is 6.43 Å². The van der Waals surface area contributed by atoms with E-state index in [2.05, 4.69) is 10.3 Å². The maximum absolute atomic E-state index is 14.2. The molecule has 178 valence electrons. The van der Waals surface area contributed by atoms with Gasteiger partial charge in [0, 0.05) is 6.07 Å². The van der Waals surface area contributed by atoms with Gasteiger partial charge in [0.1, 0.15) is 22.2 Å². The number of nitrogens with one attached hydrogen (secondary N) is 1. The molecular weight excluding hydrogens is 525 g/mol. The second-order valence-corrected chi connectivity index (χ2v) is 9.16. The van der Waals surface area contributed by atoms with Crippen molar-refractivity contribution >= 4 is 38.7 Å². The normalized spacial score (nSPS) is 11.9. The zero-order valence-corrected chi connectivity index (χ0v) is 18.1. The second-order valence-electron chi connectivity index (χ2n) is 6.42. The minimum atomic E-state index is -5.22. The van der Waals surface area contributed by atoms with E-state index < -0.39 is 61.4 Å². The van der Waals surface area contributed by atoms with Crippen molar-refractivity contribution in [3.63, 3.8) is 0 Å². The first-order valence-electron chi connectivity index (χ1n) is 8.55. The molecule has 2 N–H and O–H groups in total. The Labute approximate surface area is 191 Å². The standard InChI is InChI=1S/C18H10Cl2F6N2O4S/c19-6-1-8(10(29)2-7(6)20)27-3-11-9(28-5-32-11)4-33(30,31)17-12(18(25)26)13(21)14(22)15(23)16(17)24/h1-2,5,18,27,29H,3-4H2. The number of hydrogen-bond donors (Lipinski definition) is 2. The summed E-state index contributed by atoms with van der Waals surface area (Å²) >= 11 is 11.6. The maximum Gasteiger partial charge on any atom is 0.268 e. The van der Waals surface area contributed by atoms with Crippen LogP contribution in [0.25, 0.3) is 0 Å². The Morgan fingerprint density at radius 1 is 1.03 bits per heavy atom. The van der Waals surface area contributed by atoms with Crippen LogP contribution in [-0.2, 0) is 22.1 Å². The topological polar surface area (TPSA) is 92.4 Å². The molecule has 0 atom stereocenters. The van der Waals surface area contributed by atoms with E-state index in [1.54, 1.807) is 0 Å². The number of hydrogen-bond acceptors (Lipinski definition) is 6. The molecule has 0 spiro atoms. The van der Waals surface area contributed by atoms with Gasteiger partial charge in [-0.15, -0.1) is 0 Å². The third-order valence-electron chi connectivity index (χ3n) is 4.32. The van der Waals surface area contributed by atoms with Crippen molar-refractivity contribution in [2.75, 3.05) is 5.32 Å². The molecule has 0 unspecified atom stereocenters. The van der Waals surface area contributed by atoms with Gasteiger partial charge in [-0.3, -0.25) is 0 Å². The van der Waals surface area contributed by atoms with Crippen molar-refractivity contribution < 1.29 is 44.3 Å². The highest BCUT2D eigenvalue weighted by molar-refractivity contribution is 7.90. The van der Waals surface area contributed by atoms with Crippen molar-refractivity contribution in [3.8, 4) is 5.75 Å². The molecule has 6 nitrogen and oxygen atoms in total. The van der Waals surface area contributed by atoms with Crippen molar-refractivity contribution in [3.05, 3.63) is 68.9 Å². The van der Waals surface area contributed by atoms with Gasteiger partial charge in [-0.2, -0.15) is 0 Å². The van der Waals surface area contributed by atoms with Gasteiger partial charge in [0.05, 0.1) is 33.5 Å². The molecule has 3 aromatic rings. The van der Waals surface area contributed by atoms with E-state index in [1.165, 1.54) is 6.07 Å². The largest absolute Gasteiger partial charge is 0.506 e. The zero-order valence-electron chi connectivity index (χ0n) is 15.8. The van der Waals surface area contributed by atoms with E-state index in [4.69, 9.17) is 27.6 Å². The fourth-order valence-electron chi connectivity index (χ4n) is 2.79. The van der Waals surface area contributed by atoms with Gasteiger partial charge in [-0.25, -0.2) is 39.7 Å². The molecule has 0 bridgehead atoms. The number of phenols is 1. The minimum absolute atomic E-state index is 0.0433. The molecule has 0 aliphatic carbocycles. The minimum Gasteiger partial charge on any atom is -0.506 e. The van der Waals surface area contributed by atoms with Gasteiger partial charge in [-0.1, -0.05) is 23.2 Å². The molecule has 2 aromatic carbocycles. The molecule has 0 aliphatic heterocycles. The van der Waals surface area contributed by atoms with Gasteiger partial charge in [-0.05, 0) is 6.07 Å².